The third-order valence-electron chi connectivity index (χ3n) is 3.24. The average Bonchev–Trinajstić information content (AvgIpc) is 2.74. The zero-order valence-corrected chi connectivity index (χ0v) is 10.3. The number of hydrogen-bond donors (Lipinski definition) is 2. The third kappa shape index (κ3) is 2.79. The summed E-state index contributed by atoms with van der Waals surface area (Å²) in [6.07, 6.45) is 1.78. The van der Waals surface area contributed by atoms with Crippen molar-refractivity contribution >= 4 is 5.91 Å². The van der Waals surface area contributed by atoms with E-state index >= 15 is 0 Å². The molecule has 1 aromatic carbocycles. The first kappa shape index (κ1) is 12.8. The molecule has 1 unspecified atom stereocenters. The molecule has 98 valence electrons. The Morgan fingerprint density at radius 2 is 2.33 bits per heavy atom. The number of rotatable bonds is 3. The van der Waals surface area contributed by atoms with Crippen molar-refractivity contribution in [2.45, 2.75) is 25.4 Å². The molecule has 0 aliphatic carbocycles. The highest BCUT2D eigenvalue weighted by Gasteiger charge is 2.29. The number of nitrogens with zero attached hydrogens (tertiary/aromatic N) is 1. The van der Waals surface area contributed by atoms with Crippen LogP contribution in [0.3, 0.4) is 0 Å². The van der Waals surface area contributed by atoms with Crippen LogP contribution >= 0.6 is 0 Å². The van der Waals surface area contributed by atoms with Gasteiger partial charge in [0.1, 0.15) is 11.6 Å². The fraction of sp³-hybridized carbons (Fsp3) is 0.462. The van der Waals surface area contributed by atoms with Crippen LogP contribution in [0.4, 0.5) is 4.39 Å². The summed E-state index contributed by atoms with van der Waals surface area (Å²) in [6.45, 7) is 1.29. The molecule has 1 heterocycles. The molecule has 4 nitrogen and oxygen atoms in total. The van der Waals surface area contributed by atoms with Gasteiger partial charge in [-0.1, -0.05) is 0 Å². The Morgan fingerprint density at radius 1 is 1.56 bits per heavy atom. The van der Waals surface area contributed by atoms with E-state index in [0.717, 1.165) is 25.5 Å². The summed E-state index contributed by atoms with van der Waals surface area (Å²) in [4.78, 5) is 13.7. The van der Waals surface area contributed by atoms with E-state index in [0.29, 0.717) is 12.1 Å². The number of carbonyl (C=O) groups is 1. The largest absolute Gasteiger partial charge is 0.508 e. The van der Waals surface area contributed by atoms with E-state index in [9.17, 15) is 14.3 Å². The molecule has 0 bridgehead atoms. The first-order valence-corrected chi connectivity index (χ1v) is 6.04. The Balaban J connectivity index is 2.10. The summed E-state index contributed by atoms with van der Waals surface area (Å²) in [7, 11) is 1.62. The number of nitrogens with one attached hydrogen (secondary N) is 1. The first-order chi connectivity index (χ1) is 8.60. The number of aromatic hydroxyl groups is 1. The number of amides is 1. The molecule has 1 fully saturated rings. The molecule has 2 rings (SSSR count). The van der Waals surface area contributed by atoms with E-state index < -0.39 is 5.82 Å². The predicted molar refractivity (Wildman–Crippen MR) is 65.6 cm³/mol. The van der Waals surface area contributed by atoms with Crippen molar-refractivity contribution in [2.75, 3.05) is 13.6 Å². The molecule has 2 N–H and O–H groups in total. The van der Waals surface area contributed by atoms with Crippen LogP contribution in [0.2, 0.25) is 0 Å². The number of hydrogen-bond acceptors (Lipinski definition) is 3. The highest BCUT2D eigenvalue weighted by molar-refractivity contribution is 5.81. The highest BCUT2D eigenvalue weighted by Crippen LogP contribution is 2.22. The van der Waals surface area contributed by atoms with Crippen LogP contribution in [0.5, 0.6) is 5.75 Å². The average molecular weight is 252 g/mol. The summed E-state index contributed by atoms with van der Waals surface area (Å²) in [5.41, 5.74) is 0.684. The molecular formula is C13H17FN2O2. The normalized spacial score (nSPS) is 20.0. The van der Waals surface area contributed by atoms with E-state index in [2.05, 4.69) is 5.32 Å². The molecule has 0 aromatic heterocycles. The van der Waals surface area contributed by atoms with E-state index in [4.69, 9.17) is 0 Å². The predicted octanol–water partition coefficient (Wildman–Crippen LogP) is 1.24. The van der Waals surface area contributed by atoms with Crippen LogP contribution in [0.1, 0.15) is 18.4 Å². The van der Waals surface area contributed by atoms with Crippen LogP contribution < -0.4 is 5.32 Å². The van der Waals surface area contributed by atoms with Gasteiger partial charge < -0.3 is 10.4 Å². The molecule has 1 aromatic rings. The number of halogens is 1. The highest BCUT2D eigenvalue weighted by atomic mass is 19.1. The minimum atomic E-state index is -0.458. The van der Waals surface area contributed by atoms with Crippen molar-refractivity contribution in [1.29, 1.82) is 0 Å². The zero-order valence-electron chi connectivity index (χ0n) is 10.3. The Bertz CT molecular complexity index is 430. The quantitative estimate of drug-likeness (QED) is 0.851. The smallest absolute Gasteiger partial charge is 0.237 e. The van der Waals surface area contributed by atoms with Gasteiger partial charge >= 0.3 is 0 Å². The summed E-state index contributed by atoms with van der Waals surface area (Å²) >= 11 is 0. The van der Waals surface area contributed by atoms with Crippen molar-refractivity contribution in [3.63, 3.8) is 0 Å². The van der Waals surface area contributed by atoms with Crippen molar-refractivity contribution in [3.05, 3.63) is 29.6 Å². The van der Waals surface area contributed by atoms with Gasteiger partial charge in [-0.15, -0.1) is 0 Å². The van der Waals surface area contributed by atoms with Gasteiger partial charge in [0, 0.05) is 19.7 Å². The monoisotopic (exact) mass is 252 g/mol. The molecule has 1 aliphatic heterocycles. The van der Waals surface area contributed by atoms with Gasteiger partial charge in [-0.3, -0.25) is 9.69 Å². The SMILES string of the molecule is CNC(=O)C1CCCN1Cc1cc(O)cc(F)c1. The van der Waals surface area contributed by atoms with Crippen LogP contribution in [-0.4, -0.2) is 35.5 Å². The maximum atomic E-state index is 13.2. The van der Waals surface area contributed by atoms with Gasteiger partial charge in [0.2, 0.25) is 5.91 Å². The molecular weight excluding hydrogens is 235 g/mol. The summed E-state index contributed by atoms with van der Waals surface area (Å²) in [5.74, 6) is -0.547. The number of likely N-dealkylation sites (N-methyl/N-ethyl adjacent to an activating group) is 1. The van der Waals surface area contributed by atoms with Crippen LogP contribution in [0.25, 0.3) is 0 Å². The van der Waals surface area contributed by atoms with E-state index in [1.54, 1.807) is 7.05 Å². The summed E-state index contributed by atoms with van der Waals surface area (Å²) in [6, 6.07) is 3.84. The molecule has 0 saturated carbocycles. The number of benzene rings is 1. The summed E-state index contributed by atoms with van der Waals surface area (Å²) in [5, 5.41) is 12.0. The lowest BCUT2D eigenvalue weighted by atomic mass is 10.1. The Morgan fingerprint density at radius 3 is 3.00 bits per heavy atom. The topological polar surface area (TPSA) is 52.6 Å². The molecule has 0 radical (unpaired) electrons. The standard InChI is InChI=1S/C13H17FN2O2/c1-15-13(18)12-3-2-4-16(12)8-9-5-10(14)7-11(17)6-9/h5-7,12,17H,2-4,8H2,1H3,(H,15,18). The van der Waals surface area contributed by atoms with E-state index in [1.807, 2.05) is 4.90 Å². The summed E-state index contributed by atoms with van der Waals surface area (Å²) < 4.78 is 13.2. The van der Waals surface area contributed by atoms with Crippen LogP contribution in [0.15, 0.2) is 18.2 Å². The van der Waals surface area contributed by atoms with Gasteiger partial charge in [-0.05, 0) is 37.1 Å². The second-order valence-electron chi connectivity index (χ2n) is 4.56. The Kier molecular flexibility index (Phi) is 3.81. The maximum absolute atomic E-state index is 13.2. The number of carbonyl (C=O) groups excluding carboxylic acids is 1. The lowest BCUT2D eigenvalue weighted by Crippen LogP contribution is -2.41. The second kappa shape index (κ2) is 5.35. The van der Waals surface area contributed by atoms with Crippen LogP contribution in [0, 0.1) is 5.82 Å². The lowest BCUT2D eigenvalue weighted by Gasteiger charge is -2.23. The Hall–Kier alpha value is -1.62. The number of likely N-dealkylation sites (tertiary alicyclic amines) is 1. The minimum Gasteiger partial charge on any atom is -0.508 e. The zero-order chi connectivity index (χ0) is 13.1. The van der Waals surface area contributed by atoms with Crippen molar-refractivity contribution in [2.24, 2.45) is 0 Å². The van der Waals surface area contributed by atoms with Gasteiger partial charge in [-0.2, -0.15) is 0 Å². The first-order valence-electron chi connectivity index (χ1n) is 6.04. The molecule has 1 aliphatic rings. The number of phenols is 1. The maximum Gasteiger partial charge on any atom is 0.237 e. The Labute approximate surface area is 105 Å². The van der Waals surface area contributed by atoms with E-state index in [-0.39, 0.29) is 17.7 Å². The van der Waals surface area contributed by atoms with E-state index in [1.165, 1.54) is 12.1 Å². The van der Waals surface area contributed by atoms with Gasteiger partial charge in [-0.25, -0.2) is 4.39 Å². The molecule has 18 heavy (non-hydrogen) atoms. The van der Waals surface area contributed by atoms with Gasteiger partial charge in [0.25, 0.3) is 0 Å². The number of phenolic OH excluding ortho intramolecular Hbond substituents is 1. The van der Waals surface area contributed by atoms with Crippen molar-refractivity contribution in [3.8, 4) is 5.75 Å². The van der Waals surface area contributed by atoms with Crippen molar-refractivity contribution < 1.29 is 14.3 Å². The minimum absolute atomic E-state index is 0.00637. The fourth-order valence-electron chi connectivity index (χ4n) is 2.44. The third-order valence-corrected chi connectivity index (χ3v) is 3.24. The fourth-order valence-corrected chi connectivity index (χ4v) is 2.44. The molecule has 0 spiro atoms. The molecule has 1 saturated heterocycles. The van der Waals surface area contributed by atoms with Crippen LogP contribution in [-0.2, 0) is 11.3 Å². The van der Waals surface area contributed by atoms with Gasteiger partial charge in [0.05, 0.1) is 6.04 Å². The molecule has 1 amide bonds. The van der Waals surface area contributed by atoms with Crippen molar-refractivity contribution in [1.82, 2.24) is 10.2 Å². The lowest BCUT2D eigenvalue weighted by molar-refractivity contribution is -0.125. The molecule has 5 heteroatoms. The second-order valence-corrected chi connectivity index (χ2v) is 4.56. The van der Waals surface area contributed by atoms with Gasteiger partial charge in [0.15, 0.2) is 0 Å². The molecule has 1 atom stereocenters.